The molecule has 3 N–H and O–H groups in total. The number of hydrogen-bond donors (Lipinski definition) is 3. The average molecular weight is 419 g/mol. The van der Waals surface area contributed by atoms with Crippen LogP contribution in [0.15, 0.2) is 41.5 Å². The highest BCUT2D eigenvalue weighted by Crippen LogP contribution is 2.25. The summed E-state index contributed by atoms with van der Waals surface area (Å²) >= 11 is 0. The molecular weight excluding hydrogens is 388 g/mol. The summed E-state index contributed by atoms with van der Waals surface area (Å²) in [5.41, 5.74) is 2.04. The summed E-state index contributed by atoms with van der Waals surface area (Å²) in [6.45, 7) is 1.38. The van der Waals surface area contributed by atoms with Crippen molar-refractivity contribution >= 4 is 16.0 Å². The van der Waals surface area contributed by atoms with Crippen LogP contribution in [-0.2, 0) is 16.6 Å². The van der Waals surface area contributed by atoms with Crippen LogP contribution in [0.2, 0.25) is 0 Å². The number of benzene rings is 1. The summed E-state index contributed by atoms with van der Waals surface area (Å²) in [6, 6.07) is 10.0. The summed E-state index contributed by atoms with van der Waals surface area (Å²) < 4.78 is 27.0. The first-order valence-corrected chi connectivity index (χ1v) is 11.6. The van der Waals surface area contributed by atoms with Gasteiger partial charge in [-0.05, 0) is 24.3 Å². The van der Waals surface area contributed by atoms with E-state index in [4.69, 9.17) is 0 Å². The minimum atomic E-state index is -3.27. The van der Waals surface area contributed by atoms with E-state index in [9.17, 15) is 8.42 Å². The van der Waals surface area contributed by atoms with Gasteiger partial charge >= 0.3 is 0 Å². The van der Waals surface area contributed by atoms with Gasteiger partial charge in [-0.15, -0.1) is 0 Å². The number of nitrogens with one attached hydrogen (secondary N) is 3. The molecule has 1 aliphatic rings. The Kier molecular flexibility index (Phi) is 7.27. The smallest absolute Gasteiger partial charge is 0.213 e. The normalized spacial score (nSPS) is 15.2. The van der Waals surface area contributed by atoms with Gasteiger partial charge in [-0.3, -0.25) is 4.99 Å². The van der Waals surface area contributed by atoms with E-state index in [1.807, 2.05) is 48.5 Å². The number of guanidine groups is 1. The molecule has 29 heavy (non-hydrogen) atoms. The van der Waals surface area contributed by atoms with Gasteiger partial charge in [0.15, 0.2) is 5.96 Å². The number of hydrogen-bond acceptors (Lipinski definition) is 4. The summed E-state index contributed by atoms with van der Waals surface area (Å²) in [6.07, 6.45) is 5.27. The van der Waals surface area contributed by atoms with Gasteiger partial charge in [-0.2, -0.15) is 0 Å². The van der Waals surface area contributed by atoms with Crippen molar-refractivity contribution in [3.8, 4) is 11.3 Å². The Morgan fingerprint density at radius 3 is 2.72 bits per heavy atom. The molecule has 1 saturated carbocycles. The molecule has 9 heteroatoms. The number of nitrogens with zero attached hydrogens (tertiary/aromatic N) is 3. The predicted molar refractivity (Wildman–Crippen MR) is 116 cm³/mol. The molecular formula is C20H30N6O2S. The van der Waals surface area contributed by atoms with E-state index >= 15 is 0 Å². The lowest BCUT2D eigenvalue weighted by Crippen LogP contribution is -2.42. The maximum Gasteiger partial charge on any atom is 0.213 e. The Hall–Kier alpha value is -2.39. The average Bonchev–Trinajstić information content (AvgIpc) is 3.13. The largest absolute Gasteiger partial charge is 0.355 e. The van der Waals surface area contributed by atoms with Gasteiger partial charge in [0.1, 0.15) is 5.82 Å². The quantitative estimate of drug-likeness (QED) is 0.426. The minimum Gasteiger partial charge on any atom is -0.355 e. The van der Waals surface area contributed by atoms with Crippen LogP contribution in [0, 0.1) is 5.92 Å². The van der Waals surface area contributed by atoms with Gasteiger partial charge in [-0.25, -0.2) is 18.1 Å². The second kappa shape index (κ2) is 9.89. The van der Waals surface area contributed by atoms with Crippen LogP contribution in [-0.4, -0.2) is 62.2 Å². The van der Waals surface area contributed by atoms with Crippen molar-refractivity contribution in [1.29, 1.82) is 0 Å². The zero-order valence-electron chi connectivity index (χ0n) is 17.1. The Morgan fingerprint density at radius 1 is 1.31 bits per heavy atom. The van der Waals surface area contributed by atoms with Gasteiger partial charge < -0.3 is 15.2 Å². The lowest BCUT2D eigenvalue weighted by atomic mass is 9.86. The summed E-state index contributed by atoms with van der Waals surface area (Å²) in [7, 11) is 0.299. The summed E-state index contributed by atoms with van der Waals surface area (Å²) in [4.78, 5) is 13.9. The van der Waals surface area contributed by atoms with Crippen LogP contribution in [0.4, 0.5) is 0 Å². The van der Waals surface area contributed by atoms with Crippen molar-refractivity contribution in [1.82, 2.24) is 24.9 Å². The molecule has 0 atom stereocenters. The van der Waals surface area contributed by atoms with Crippen molar-refractivity contribution in [2.24, 2.45) is 10.9 Å². The fraction of sp³-hybridized carbons (Fsp3) is 0.500. The monoisotopic (exact) mass is 418 g/mol. The highest BCUT2D eigenvalue weighted by Gasteiger charge is 2.20. The number of imidazole rings is 1. The van der Waals surface area contributed by atoms with Gasteiger partial charge in [0.25, 0.3) is 0 Å². The van der Waals surface area contributed by atoms with Crippen LogP contribution < -0.4 is 10.0 Å². The molecule has 0 unspecified atom stereocenters. The van der Waals surface area contributed by atoms with Crippen LogP contribution >= 0.6 is 0 Å². The van der Waals surface area contributed by atoms with Crippen molar-refractivity contribution in [2.45, 2.75) is 25.8 Å². The van der Waals surface area contributed by atoms with E-state index < -0.39 is 10.0 Å². The van der Waals surface area contributed by atoms with Crippen molar-refractivity contribution < 1.29 is 8.42 Å². The first kappa shape index (κ1) is 21.3. The molecule has 0 spiro atoms. The molecule has 1 aromatic heterocycles. The molecule has 1 aromatic carbocycles. The highest BCUT2D eigenvalue weighted by atomic mass is 32.2. The number of aromatic nitrogens is 2. The molecule has 158 valence electrons. The first-order valence-electron chi connectivity index (χ1n) is 9.95. The molecule has 0 bridgehead atoms. The summed E-state index contributed by atoms with van der Waals surface area (Å²) in [5, 5.41) is 3.11. The lowest BCUT2D eigenvalue weighted by molar-refractivity contribution is 0.316. The minimum absolute atomic E-state index is 0.0193. The maximum atomic E-state index is 12.1. The molecule has 0 aliphatic heterocycles. The van der Waals surface area contributed by atoms with Gasteiger partial charge in [0.2, 0.25) is 10.0 Å². The van der Waals surface area contributed by atoms with E-state index in [-0.39, 0.29) is 5.75 Å². The molecule has 1 heterocycles. The maximum absolute atomic E-state index is 12.1. The number of aliphatic imine (C=N–C) groups is 1. The second-order valence-corrected chi connectivity index (χ2v) is 9.33. The third-order valence-electron chi connectivity index (χ3n) is 5.14. The topological polar surface area (TPSA) is 102 Å². The summed E-state index contributed by atoms with van der Waals surface area (Å²) in [5.74, 6) is 1.96. The van der Waals surface area contributed by atoms with Crippen molar-refractivity contribution in [3.05, 3.63) is 42.4 Å². The number of sulfonamides is 1. The lowest BCUT2D eigenvalue weighted by Gasteiger charge is -2.25. The molecule has 0 saturated heterocycles. The van der Waals surface area contributed by atoms with Gasteiger partial charge in [-0.1, -0.05) is 36.8 Å². The third-order valence-corrected chi connectivity index (χ3v) is 6.49. The van der Waals surface area contributed by atoms with Crippen LogP contribution in [0.5, 0.6) is 0 Å². The van der Waals surface area contributed by atoms with Crippen LogP contribution in [0.3, 0.4) is 0 Å². The van der Waals surface area contributed by atoms with E-state index in [1.54, 1.807) is 7.05 Å². The number of H-pyrrole nitrogens is 1. The van der Waals surface area contributed by atoms with E-state index in [0.29, 0.717) is 31.5 Å². The van der Waals surface area contributed by atoms with Crippen molar-refractivity contribution in [3.63, 3.8) is 0 Å². The molecule has 1 aliphatic carbocycles. The second-order valence-electron chi connectivity index (χ2n) is 7.40. The van der Waals surface area contributed by atoms with E-state index in [0.717, 1.165) is 29.9 Å². The molecule has 0 amide bonds. The van der Waals surface area contributed by atoms with Crippen LogP contribution in [0.1, 0.15) is 25.1 Å². The van der Waals surface area contributed by atoms with Crippen LogP contribution in [0.25, 0.3) is 11.3 Å². The molecule has 2 aromatic rings. The first-order chi connectivity index (χ1) is 14.0. The third kappa shape index (κ3) is 6.30. The molecule has 3 rings (SSSR count). The fourth-order valence-corrected chi connectivity index (χ4v) is 4.21. The Morgan fingerprint density at radius 2 is 2.07 bits per heavy atom. The van der Waals surface area contributed by atoms with E-state index in [2.05, 4.69) is 25.0 Å². The number of rotatable bonds is 9. The Bertz CT molecular complexity index is 906. The molecule has 1 fully saturated rings. The zero-order chi connectivity index (χ0) is 20.7. The van der Waals surface area contributed by atoms with E-state index in [1.165, 1.54) is 6.42 Å². The zero-order valence-corrected chi connectivity index (χ0v) is 17.9. The predicted octanol–water partition coefficient (Wildman–Crippen LogP) is 1.80. The van der Waals surface area contributed by atoms with Gasteiger partial charge in [0.05, 0.1) is 24.2 Å². The van der Waals surface area contributed by atoms with Crippen molar-refractivity contribution in [2.75, 3.05) is 32.9 Å². The number of aromatic amines is 1. The molecule has 0 radical (unpaired) electrons. The van der Waals surface area contributed by atoms with Gasteiger partial charge in [0, 0.05) is 27.2 Å². The fourth-order valence-electron chi connectivity index (χ4n) is 3.20. The highest BCUT2D eigenvalue weighted by molar-refractivity contribution is 7.89. The Balaban J connectivity index is 1.46. The molecule has 8 nitrogen and oxygen atoms in total. The SMILES string of the molecule is CN=C(NCCS(=O)(=O)NCC1CCC1)N(C)Cc1ncc(-c2ccccc2)[nH]1. The standard InChI is InChI=1S/C20H30N6O2S/c1-21-20(22-11-12-29(27,28)24-13-16-7-6-8-16)26(2)15-19-23-14-18(25-19)17-9-4-3-5-10-17/h3-5,9-10,14,16,24H,6-8,11-13,15H2,1-2H3,(H,21,22)(H,23,25). The Labute approximate surface area is 172 Å².